The van der Waals surface area contributed by atoms with Gasteiger partial charge in [-0.25, -0.2) is 9.97 Å². The lowest BCUT2D eigenvalue weighted by Crippen LogP contribution is -1.99. The molecule has 0 aliphatic heterocycles. The quantitative estimate of drug-likeness (QED) is 0.157. The number of ether oxygens (including phenoxy) is 1. The lowest BCUT2D eigenvalue weighted by atomic mass is 10.0. The van der Waals surface area contributed by atoms with Gasteiger partial charge in [-0.05, 0) is 24.8 Å². The Balaban J connectivity index is 1.55. The molecule has 2 aromatic rings. The third kappa shape index (κ3) is 14.3. The average molecular weight is 481 g/mol. The highest BCUT2D eigenvalue weighted by atomic mass is 16.5. The first kappa shape index (κ1) is 29.3. The average Bonchev–Trinajstić information content (AvgIpc) is 2.89. The van der Waals surface area contributed by atoms with Gasteiger partial charge < -0.3 is 4.74 Å². The zero-order chi connectivity index (χ0) is 24.8. The number of rotatable bonds is 22. The summed E-state index contributed by atoms with van der Waals surface area (Å²) in [6.45, 7) is 5.31. The first-order chi connectivity index (χ1) is 17.3. The molecule has 0 saturated carbocycles. The molecule has 2 rings (SSSR count). The molecule has 35 heavy (non-hydrogen) atoms. The van der Waals surface area contributed by atoms with Crippen LogP contribution in [-0.2, 0) is 6.42 Å². The van der Waals surface area contributed by atoms with Gasteiger partial charge in [0.2, 0.25) is 0 Å². The van der Waals surface area contributed by atoms with Crippen molar-refractivity contribution in [2.45, 2.75) is 136 Å². The van der Waals surface area contributed by atoms with E-state index in [0.29, 0.717) is 0 Å². The predicted molar refractivity (Wildman–Crippen MR) is 151 cm³/mol. The van der Waals surface area contributed by atoms with E-state index in [4.69, 9.17) is 4.74 Å². The SMILES string of the molecule is CCCCCCCCCCCCc1ccc(-c2ncc(OCCCCCCCCCC)cn2)cc1. The summed E-state index contributed by atoms with van der Waals surface area (Å²) in [6.07, 6.45) is 29.2. The van der Waals surface area contributed by atoms with E-state index >= 15 is 0 Å². The summed E-state index contributed by atoms with van der Waals surface area (Å²) in [5.41, 5.74) is 2.49. The molecule has 0 unspecified atom stereocenters. The molecule has 1 aromatic carbocycles. The van der Waals surface area contributed by atoms with Crippen molar-refractivity contribution in [3.8, 4) is 17.1 Å². The van der Waals surface area contributed by atoms with Gasteiger partial charge >= 0.3 is 0 Å². The molecule has 196 valence electrons. The van der Waals surface area contributed by atoms with Gasteiger partial charge in [-0.3, -0.25) is 0 Å². The molecule has 0 aliphatic carbocycles. The van der Waals surface area contributed by atoms with E-state index in [1.165, 1.54) is 121 Å². The van der Waals surface area contributed by atoms with Crippen molar-refractivity contribution >= 4 is 0 Å². The minimum atomic E-state index is 0.755. The molecule has 1 aromatic heterocycles. The standard InChI is InChI=1S/C32H52N2O/c1-3-5-7-9-11-13-14-15-17-19-21-29-22-24-30(25-23-29)32-33-27-31(28-34-32)35-26-20-18-16-12-10-8-6-4-2/h22-25,27-28H,3-21,26H2,1-2H3. The maximum absolute atomic E-state index is 5.84. The molecule has 0 radical (unpaired) electrons. The molecule has 0 aliphatic rings. The molecule has 0 fully saturated rings. The zero-order valence-electron chi connectivity index (χ0n) is 22.9. The second-order valence-corrected chi connectivity index (χ2v) is 10.2. The summed E-state index contributed by atoms with van der Waals surface area (Å²) in [7, 11) is 0. The summed E-state index contributed by atoms with van der Waals surface area (Å²) in [6, 6.07) is 8.78. The van der Waals surface area contributed by atoms with Crippen molar-refractivity contribution in [2.24, 2.45) is 0 Å². The Morgan fingerprint density at radius 3 is 1.51 bits per heavy atom. The van der Waals surface area contributed by atoms with Crippen LogP contribution < -0.4 is 4.74 Å². The van der Waals surface area contributed by atoms with Gasteiger partial charge in [0.15, 0.2) is 11.6 Å². The topological polar surface area (TPSA) is 35.0 Å². The Hall–Kier alpha value is -1.90. The molecule has 3 heteroatoms. The van der Waals surface area contributed by atoms with E-state index in [9.17, 15) is 0 Å². The smallest absolute Gasteiger partial charge is 0.159 e. The number of benzene rings is 1. The van der Waals surface area contributed by atoms with Crippen LogP contribution >= 0.6 is 0 Å². The second-order valence-electron chi connectivity index (χ2n) is 10.2. The highest BCUT2D eigenvalue weighted by Crippen LogP contribution is 2.19. The molecule has 3 nitrogen and oxygen atoms in total. The molecule has 1 heterocycles. The monoisotopic (exact) mass is 480 g/mol. The predicted octanol–water partition coefficient (Wildman–Crippen LogP) is 10.1. The number of nitrogens with zero attached hydrogens (tertiary/aromatic N) is 2. The van der Waals surface area contributed by atoms with Gasteiger partial charge in [0.05, 0.1) is 19.0 Å². The largest absolute Gasteiger partial charge is 0.490 e. The maximum atomic E-state index is 5.84. The van der Waals surface area contributed by atoms with E-state index in [1.807, 2.05) is 12.4 Å². The van der Waals surface area contributed by atoms with Crippen molar-refractivity contribution < 1.29 is 4.74 Å². The van der Waals surface area contributed by atoms with Crippen molar-refractivity contribution in [3.05, 3.63) is 42.2 Å². The van der Waals surface area contributed by atoms with Gasteiger partial charge in [0.1, 0.15) is 0 Å². The van der Waals surface area contributed by atoms with Gasteiger partial charge in [0, 0.05) is 5.56 Å². The fourth-order valence-corrected chi connectivity index (χ4v) is 4.60. The van der Waals surface area contributed by atoms with Crippen LogP contribution in [0.2, 0.25) is 0 Å². The summed E-state index contributed by atoms with van der Waals surface area (Å²) < 4.78 is 5.84. The lowest BCUT2D eigenvalue weighted by Gasteiger charge is -2.07. The van der Waals surface area contributed by atoms with E-state index in [2.05, 4.69) is 48.1 Å². The van der Waals surface area contributed by atoms with Gasteiger partial charge in [-0.2, -0.15) is 0 Å². The van der Waals surface area contributed by atoms with E-state index in [-0.39, 0.29) is 0 Å². The van der Waals surface area contributed by atoms with Crippen molar-refractivity contribution in [1.29, 1.82) is 0 Å². The van der Waals surface area contributed by atoms with Crippen LogP contribution in [0.15, 0.2) is 36.7 Å². The summed E-state index contributed by atoms with van der Waals surface area (Å²) in [4.78, 5) is 9.05. The number of hydrogen-bond acceptors (Lipinski definition) is 3. The summed E-state index contributed by atoms with van der Waals surface area (Å²) >= 11 is 0. The molecule has 0 saturated heterocycles. The maximum Gasteiger partial charge on any atom is 0.159 e. The Morgan fingerprint density at radius 1 is 0.543 bits per heavy atom. The van der Waals surface area contributed by atoms with Crippen LogP contribution in [0, 0.1) is 0 Å². The van der Waals surface area contributed by atoms with Crippen molar-refractivity contribution in [2.75, 3.05) is 6.61 Å². The Labute approximate surface area is 216 Å². The first-order valence-corrected chi connectivity index (χ1v) is 14.9. The molecular formula is C32H52N2O. The van der Waals surface area contributed by atoms with E-state index < -0.39 is 0 Å². The van der Waals surface area contributed by atoms with Crippen LogP contribution in [-0.4, -0.2) is 16.6 Å². The minimum absolute atomic E-state index is 0.755. The molecule has 0 amide bonds. The Kier molecular flexibility index (Phi) is 17.0. The molecule has 0 N–H and O–H groups in total. The Morgan fingerprint density at radius 2 is 1.00 bits per heavy atom. The first-order valence-electron chi connectivity index (χ1n) is 14.9. The lowest BCUT2D eigenvalue weighted by molar-refractivity contribution is 0.302. The van der Waals surface area contributed by atoms with Gasteiger partial charge in [-0.1, -0.05) is 141 Å². The Bertz CT molecular complexity index is 726. The van der Waals surface area contributed by atoms with Crippen LogP contribution in [0.5, 0.6) is 5.75 Å². The van der Waals surface area contributed by atoms with Crippen LogP contribution in [0.3, 0.4) is 0 Å². The van der Waals surface area contributed by atoms with Crippen molar-refractivity contribution in [3.63, 3.8) is 0 Å². The van der Waals surface area contributed by atoms with E-state index in [1.54, 1.807) is 0 Å². The minimum Gasteiger partial charge on any atom is -0.490 e. The number of aromatic nitrogens is 2. The van der Waals surface area contributed by atoms with Crippen LogP contribution in [0.25, 0.3) is 11.4 Å². The van der Waals surface area contributed by atoms with Crippen LogP contribution in [0.4, 0.5) is 0 Å². The number of hydrogen-bond donors (Lipinski definition) is 0. The zero-order valence-corrected chi connectivity index (χ0v) is 22.9. The molecular weight excluding hydrogens is 428 g/mol. The van der Waals surface area contributed by atoms with Crippen molar-refractivity contribution in [1.82, 2.24) is 9.97 Å². The molecule has 0 bridgehead atoms. The summed E-state index contributed by atoms with van der Waals surface area (Å²) in [5, 5.41) is 0. The number of aryl methyl sites for hydroxylation is 1. The highest BCUT2D eigenvalue weighted by Gasteiger charge is 2.03. The van der Waals surface area contributed by atoms with Gasteiger partial charge in [-0.15, -0.1) is 0 Å². The molecule has 0 atom stereocenters. The third-order valence-electron chi connectivity index (χ3n) is 6.93. The highest BCUT2D eigenvalue weighted by molar-refractivity contribution is 5.55. The normalized spacial score (nSPS) is 11.1. The summed E-state index contributed by atoms with van der Waals surface area (Å²) in [5.74, 6) is 1.55. The van der Waals surface area contributed by atoms with E-state index in [0.717, 1.165) is 30.2 Å². The fraction of sp³-hybridized carbons (Fsp3) is 0.688. The second kappa shape index (κ2) is 20.3. The number of unbranched alkanes of at least 4 members (excludes halogenated alkanes) is 16. The molecule has 0 spiro atoms. The fourth-order valence-electron chi connectivity index (χ4n) is 4.60. The third-order valence-corrected chi connectivity index (χ3v) is 6.93. The van der Waals surface area contributed by atoms with Gasteiger partial charge in [0.25, 0.3) is 0 Å². The van der Waals surface area contributed by atoms with Crippen LogP contribution in [0.1, 0.15) is 135 Å².